The van der Waals surface area contributed by atoms with E-state index in [1.165, 1.54) is 5.56 Å². The lowest BCUT2D eigenvalue weighted by atomic mass is 10.0. The van der Waals surface area contributed by atoms with E-state index in [0.29, 0.717) is 12.1 Å². The maximum absolute atomic E-state index is 11.8. The average Bonchev–Trinajstić information content (AvgIpc) is 3.16. The van der Waals surface area contributed by atoms with Crippen LogP contribution in [0.4, 0.5) is 5.69 Å². The Labute approximate surface area is 127 Å². The summed E-state index contributed by atoms with van der Waals surface area (Å²) in [6.07, 6.45) is 0.825. The normalized spacial score (nSPS) is 15.3. The summed E-state index contributed by atoms with van der Waals surface area (Å²) in [6.45, 7) is 1.39. The van der Waals surface area contributed by atoms with Crippen LogP contribution in [0.5, 0.6) is 0 Å². The molecule has 1 amide bonds. The van der Waals surface area contributed by atoms with Crippen LogP contribution < -0.4 is 5.48 Å². The summed E-state index contributed by atoms with van der Waals surface area (Å²) in [5, 5.41) is 8.88. The van der Waals surface area contributed by atoms with Gasteiger partial charge in [-0.1, -0.05) is 30.3 Å². The lowest BCUT2D eigenvalue weighted by molar-refractivity contribution is 0.0705. The lowest BCUT2D eigenvalue weighted by Crippen LogP contribution is -2.26. The molecule has 5 nitrogen and oxygen atoms in total. The maximum atomic E-state index is 11.8. The molecule has 2 aromatic carbocycles. The van der Waals surface area contributed by atoms with E-state index in [4.69, 9.17) is 10.2 Å². The summed E-state index contributed by atoms with van der Waals surface area (Å²) in [7, 11) is 0. The van der Waals surface area contributed by atoms with Crippen molar-refractivity contribution in [2.75, 3.05) is 0 Å². The maximum Gasteiger partial charge on any atom is 0.274 e. The summed E-state index contributed by atoms with van der Waals surface area (Å²) in [5.41, 5.74) is 6.59. The highest BCUT2D eigenvalue weighted by molar-refractivity contribution is 5.96. The highest BCUT2D eigenvalue weighted by Crippen LogP contribution is 2.32. The van der Waals surface area contributed by atoms with Gasteiger partial charge < -0.3 is 4.90 Å². The van der Waals surface area contributed by atoms with Gasteiger partial charge in [0.05, 0.1) is 5.69 Å². The second-order valence-corrected chi connectivity index (χ2v) is 5.57. The Balaban J connectivity index is 1.63. The molecule has 0 spiro atoms. The molecule has 5 heteroatoms. The van der Waals surface area contributed by atoms with Gasteiger partial charge in [-0.3, -0.25) is 10.0 Å². The zero-order chi connectivity index (χ0) is 15.1. The number of carbonyl (C=O) groups is 1. The molecule has 0 unspecified atom stereocenters. The molecule has 22 heavy (non-hydrogen) atoms. The van der Waals surface area contributed by atoms with Gasteiger partial charge in [-0.25, -0.2) is 10.5 Å². The van der Waals surface area contributed by atoms with E-state index in [2.05, 4.69) is 11.0 Å². The van der Waals surface area contributed by atoms with E-state index >= 15 is 0 Å². The molecule has 2 aliphatic rings. The number of para-hydroxylation sites is 1. The fraction of sp³-hybridized carbons (Fsp3) is 0.176. The van der Waals surface area contributed by atoms with Crippen LogP contribution >= 0.6 is 0 Å². The summed E-state index contributed by atoms with van der Waals surface area (Å²) in [4.78, 5) is 18.7. The number of nitrogens with one attached hydrogen (secondary N) is 1. The molecule has 0 fully saturated rings. The number of benzene rings is 2. The van der Waals surface area contributed by atoms with Gasteiger partial charge in [-0.15, -0.1) is 0 Å². The number of nitrogens with zero attached hydrogens (tertiary/aromatic N) is 2. The Morgan fingerprint density at radius 1 is 1.09 bits per heavy atom. The molecule has 0 saturated heterocycles. The smallest absolute Gasteiger partial charge is 0.274 e. The van der Waals surface area contributed by atoms with E-state index < -0.39 is 5.91 Å². The summed E-state index contributed by atoms with van der Waals surface area (Å²) < 4.78 is 0. The first kappa shape index (κ1) is 13.0. The number of hydrogen-bond donors (Lipinski definition) is 2. The Hall–Kier alpha value is -2.66. The SMILES string of the molecule is O=C(NO)c1cccc2c1CN(C1=Nc3ccccc3C1)C2. The third-order valence-corrected chi connectivity index (χ3v) is 4.28. The van der Waals surface area contributed by atoms with Crippen LogP contribution in [0.1, 0.15) is 27.0 Å². The van der Waals surface area contributed by atoms with Gasteiger partial charge in [0.1, 0.15) is 5.84 Å². The van der Waals surface area contributed by atoms with Crippen molar-refractivity contribution in [1.82, 2.24) is 10.4 Å². The summed E-state index contributed by atoms with van der Waals surface area (Å²) >= 11 is 0. The van der Waals surface area contributed by atoms with Gasteiger partial charge in [0, 0.05) is 25.1 Å². The molecule has 110 valence electrons. The number of rotatable bonds is 1. The highest BCUT2D eigenvalue weighted by Gasteiger charge is 2.28. The number of amides is 1. The Kier molecular flexibility index (Phi) is 2.94. The zero-order valence-corrected chi connectivity index (χ0v) is 11.9. The molecule has 0 bridgehead atoms. The van der Waals surface area contributed by atoms with Gasteiger partial charge in [0.25, 0.3) is 5.91 Å². The fourth-order valence-electron chi connectivity index (χ4n) is 3.18. The van der Waals surface area contributed by atoms with Crippen molar-refractivity contribution in [3.05, 3.63) is 64.7 Å². The molecule has 4 rings (SSSR count). The number of amidine groups is 1. The van der Waals surface area contributed by atoms with Crippen LogP contribution in [0, 0.1) is 0 Å². The van der Waals surface area contributed by atoms with E-state index in [0.717, 1.165) is 35.6 Å². The lowest BCUT2D eigenvalue weighted by Gasteiger charge is -2.17. The van der Waals surface area contributed by atoms with Gasteiger partial charge in [0.2, 0.25) is 0 Å². The molecule has 0 saturated carbocycles. The number of aliphatic imine (C=N–C) groups is 1. The first-order valence-electron chi connectivity index (χ1n) is 7.22. The van der Waals surface area contributed by atoms with Crippen LogP contribution in [-0.4, -0.2) is 21.8 Å². The molecule has 2 N–H and O–H groups in total. The van der Waals surface area contributed by atoms with Crippen LogP contribution in [0.3, 0.4) is 0 Å². The van der Waals surface area contributed by atoms with Crippen LogP contribution in [0.2, 0.25) is 0 Å². The predicted molar refractivity (Wildman–Crippen MR) is 82.2 cm³/mol. The van der Waals surface area contributed by atoms with Gasteiger partial charge in [0.15, 0.2) is 0 Å². The second kappa shape index (κ2) is 4.96. The van der Waals surface area contributed by atoms with E-state index in [9.17, 15) is 4.79 Å². The molecule has 2 heterocycles. The number of hydroxylamine groups is 1. The number of carbonyl (C=O) groups excluding carboxylic acids is 1. The molecule has 2 aromatic rings. The molecular weight excluding hydrogens is 278 g/mol. The van der Waals surface area contributed by atoms with Gasteiger partial charge in [-0.05, 0) is 28.8 Å². The average molecular weight is 293 g/mol. The van der Waals surface area contributed by atoms with Crippen molar-refractivity contribution in [3.8, 4) is 0 Å². The Morgan fingerprint density at radius 3 is 2.73 bits per heavy atom. The van der Waals surface area contributed by atoms with Gasteiger partial charge in [-0.2, -0.15) is 0 Å². The number of hydrogen-bond acceptors (Lipinski definition) is 4. The quantitative estimate of drug-likeness (QED) is 0.627. The number of fused-ring (bicyclic) bond motifs is 2. The minimum atomic E-state index is -0.463. The van der Waals surface area contributed by atoms with Crippen molar-refractivity contribution >= 4 is 17.4 Å². The van der Waals surface area contributed by atoms with Crippen molar-refractivity contribution in [1.29, 1.82) is 0 Å². The topological polar surface area (TPSA) is 64.9 Å². The second-order valence-electron chi connectivity index (χ2n) is 5.57. The Morgan fingerprint density at radius 2 is 1.91 bits per heavy atom. The fourth-order valence-corrected chi connectivity index (χ4v) is 3.18. The molecule has 0 radical (unpaired) electrons. The Bertz CT molecular complexity index is 798. The predicted octanol–water partition coefficient (Wildman–Crippen LogP) is 2.41. The third-order valence-electron chi connectivity index (χ3n) is 4.28. The van der Waals surface area contributed by atoms with Crippen molar-refractivity contribution in [3.63, 3.8) is 0 Å². The summed E-state index contributed by atoms with van der Waals surface area (Å²) in [5.74, 6) is 0.572. The first-order valence-corrected chi connectivity index (χ1v) is 7.22. The van der Waals surface area contributed by atoms with Gasteiger partial charge >= 0.3 is 0 Å². The van der Waals surface area contributed by atoms with Crippen LogP contribution in [-0.2, 0) is 19.5 Å². The molecule has 0 aliphatic carbocycles. The van der Waals surface area contributed by atoms with Crippen molar-refractivity contribution in [2.45, 2.75) is 19.5 Å². The minimum Gasteiger partial charge on any atom is -0.351 e. The van der Waals surface area contributed by atoms with Crippen LogP contribution in [0.25, 0.3) is 0 Å². The van der Waals surface area contributed by atoms with E-state index in [1.807, 2.05) is 30.3 Å². The van der Waals surface area contributed by atoms with E-state index in [-0.39, 0.29) is 0 Å². The summed E-state index contributed by atoms with van der Waals surface area (Å²) in [6, 6.07) is 13.7. The minimum absolute atomic E-state index is 0.463. The highest BCUT2D eigenvalue weighted by atomic mass is 16.5. The van der Waals surface area contributed by atoms with E-state index in [1.54, 1.807) is 11.5 Å². The zero-order valence-electron chi connectivity index (χ0n) is 11.9. The van der Waals surface area contributed by atoms with Crippen molar-refractivity contribution in [2.24, 2.45) is 4.99 Å². The monoisotopic (exact) mass is 293 g/mol. The largest absolute Gasteiger partial charge is 0.351 e. The third kappa shape index (κ3) is 1.98. The molecular formula is C17H15N3O2. The van der Waals surface area contributed by atoms with Crippen molar-refractivity contribution < 1.29 is 10.0 Å². The molecule has 2 aliphatic heterocycles. The standard InChI is InChI=1S/C17H15N3O2/c21-17(19-22)13-6-3-5-12-9-20(10-14(12)13)16-8-11-4-1-2-7-15(11)18-16/h1-7,22H,8-10H2,(H,19,21). The first-order chi connectivity index (χ1) is 10.8. The van der Waals surface area contributed by atoms with Crippen LogP contribution in [0.15, 0.2) is 47.5 Å². The molecule has 0 atom stereocenters. The molecule has 0 aromatic heterocycles.